The third-order valence-electron chi connectivity index (χ3n) is 2.25. The Morgan fingerprint density at radius 2 is 2.28 bits per heavy atom. The van der Waals surface area contributed by atoms with Gasteiger partial charge in [-0.1, -0.05) is 12.1 Å². The summed E-state index contributed by atoms with van der Waals surface area (Å²) in [5.74, 6) is 0.402. The molecule has 94 valence electrons. The number of para-hydroxylation sites is 1. The fraction of sp³-hybridized carbons (Fsp3) is 0.167. The first-order valence-corrected chi connectivity index (χ1v) is 6.60. The van der Waals surface area contributed by atoms with E-state index in [0.717, 1.165) is 17.0 Å². The highest BCUT2D eigenvalue weighted by atomic mass is 35.5. The molecule has 18 heavy (non-hydrogen) atoms. The molecule has 0 saturated heterocycles. The number of hydrogen-bond acceptors (Lipinski definition) is 4. The number of amides is 1. The van der Waals surface area contributed by atoms with E-state index in [0.29, 0.717) is 5.13 Å². The number of aromatic nitrogens is 1. The molecule has 2 rings (SSSR count). The number of nitrogens with zero attached hydrogens (tertiary/aromatic N) is 1. The molecule has 0 aliphatic carbocycles. The number of nitrogens with one attached hydrogen (secondary N) is 1. The molecular weight excluding hydrogens is 272 g/mol. The average Bonchev–Trinajstić information content (AvgIpc) is 2.86. The Morgan fingerprint density at radius 3 is 3.00 bits per heavy atom. The van der Waals surface area contributed by atoms with Crippen LogP contribution in [-0.4, -0.2) is 23.9 Å². The van der Waals surface area contributed by atoms with Crippen molar-refractivity contribution in [3.05, 3.63) is 29.6 Å². The van der Waals surface area contributed by atoms with E-state index in [9.17, 15) is 4.79 Å². The summed E-state index contributed by atoms with van der Waals surface area (Å²) in [5, 5.41) is 5.01. The van der Waals surface area contributed by atoms with Gasteiger partial charge in [-0.15, -0.1) is 22.9 Å². The molecule has 0 unspecified atom stereocenters. The molecule has 6 heteroatoms. The van der Waals surface area contributed by atoms with Gasteiger partial charge in [0.2, 0.25) is 5.91 Å². The Labute approximate surface area is 114 Å². The lowest BCUT2D eigenvalue weighted by Gasteiger charge is -2.04. The molecule has 1 aromatic carbocycles. The zero-order chi connectivity index (χ0) is 13.0. The minimum Gasteiger partial charge on any atom is -0.496 e. The van der Waals surface area contributed by atoms with Crippen LogP contribution in [0.1, 0.15) is 0 Å². The largest absolute Gasteiger partial charge is 0.496 e. The molecule has 4 nitrogen and oxygen atoms in total. The summed E-state index contributed by atoms with van der Waals surface area (Å²) in [6.45, 7) is 0. The molecule has 0 bridgehead atoms. The van der Waals surface area contributed by atoms with E-state index in [2.05, 4.69) is 10.3 Å². The lowest BCUT2D eigenvalue weighted by molar-refractivity contribution is -0.113. The number of rotatable bonds is 4. The van der Waals surface area contributed by atoms with E-state index in [4.69, 9.17) is 16.3 Å². The van der Waals surface area contributed by atoms with Crippen LogP contribution in [0.5, 0.6) is 5.75 Å². The maximum Gasteiger partial charge on any atom is 0.241 e. The topological polar surface area (TPSA) is 51.2 Å². The molecule has 0 fully saturated rings. The third kappa shape index (κ3) is 2.80. The number of anilines is 1. The van der Waals surface area contributed by atoms with Crippen LogP contribution in [0.25, 0.3) is 11.3 Å². The lowest BCUT2D eigenvalue weighted by atomic mass is 10.1. The van der Waals surface area contributed by atoms with Gasteiger partial charge in [0.15, 0.2) is 5.13 Å². The molecule has 0 spiro atoms. The Morgan fingerprint density at radius 1 is 1.50 bits per heavy atom. The van der Waals surface area contributed by atoms with Crippen LogP contribution in [0.15, 0.2) is 29.6 Å². The summed E-state index contributed by atoms with van der Waals surface area (Å²) >= 11 is 6.77. The molecule has 1 amide bonds. The zero-order valence-electron chi connectivity index (χ0n) is 9.64. The van der Waals surface area contributed by atoms with Crippen molar-refractivity contribution >= 4 is 34.0 Å². The van der Waals surface area contributed by atoms with E-state index >= 15 is 0 Å². The first-order valence-electron chi connectivity index (χ1n) is 5.19. The fourth-order valence-corrected chi connectivity index (χ4v) is 2.26. The monoisotopic (exact) mass is 282 g/mol. The molecule has 0 saturated carbocycles. The van der Waals surface area contributed by atoms with E-state index in [1.165, 1.54) is 11.3 Å². The number of alkyl halides is 1. The number of ether oxygens (including phenoxy) is 1. The summed E-state index contributed by atoms with van der Waals surface area (Å²) in [5.41, 5.74) is 1.66. The van der Waals surface area contributed by atoms with Crippen molar-refractivity contribution in [2.24, 2.45) is 0 Å². The number of methoxy groups -OCH3 is 1. The Kier molecular flexibility index (Phi) is 4.17. The van der Waals surface area contributed by atoms with Gasteiger partial charge in [0.25, 0.3) is 0 Å². The number of carbonyl (C=O) groups is 1. The first-order chi connectivity index (χ1) is 8.74. The molecule has 2 aromatic rings. The van der Waals surface area contributed by atoms with Gasteiger partial charge in [0.1, 0.15) is 11.6 Å². The number of halogens is 1. The third-order valence-corrected chi connectivity index (χ3v) is 3.26. The molecule has 1 heterocycles. The van der Waals surface area contributed by atoms with Crippen molar-refractivity contribution in [3.8, 4) is 17.0 Å². The average molecular weight is 283 g/mol. The number of carbonyl (C=O) groups excluding carboxylic acids is 1. The van der Waals surface area contributed by atoms with E-state index in [1.807, 2.05) is 29.6 Å². The van der Waals surface area contributed by atoms with Crippen molar-refractivity contribution in [2.45, 2.75) is 0 Å². The van der Waals surface area contributed by atoms with Gasteiger partial charge in [-0.2, -0.15) is 0 Å². The van der Waals surface area contributed by atoms with Gasteiger partial charge in [-0.3, -0.25) is 4.79 Å². The van der Waals surface area contributed by atoms with E-state index in [-0.39, 0.29) is 11.8 Å². The van der Waals surface area contributed by atoms with Gasteiger partial charge >= 0.3 is 0 Å². The van der Waals surface area contributed by atoms with Crippen LogP contribution in [-0.2, 0) is 4.79 Å². The van der Waals surface area contributed by atoms with Crippen LogP contribution in [0.4, 0.5) is 5.13 Å². The maximum atomic E-state index is 11.1. The second kappa shape index (κ2) is 5.84. The lowest BCUT2D eigenvalue weighted by Crippen LogP contribution is -2.12. The van der Waals surface area contributed by atoms with Crippen LogP contribution < -0.4 is 10.1 Å². The molecule has 1 N–H and O–H groups in total. The summed E-state index contributed by atoms with van der Waals surface area (Å²) in [6, 6.07) is 7.59. The van der Waals surface area contributed by atoms with Crippen LogP contribution in [0, 0.1) is 0 Å². The van der Waals surface area contributed by atoms with Crippen molar-refractivity contribution in [1.29, 1.82) is 0 Å². The summed E-state index contributed by atoms with van der Waals surface area (Å²) < 4.78 is 5.27. The van der Waals surface area contributed by atoms with Gasteiger partial charge < -0.3 is 10.1 Å². The second-order valence-electron chi connectivity index (χ2n) is 3.42. The van der Waals surface area contributed by atoms with E-state index in [1.54, 1.807) is 7.11 Å². The highest BCUT2D eigenvalue weighted by molar-refractivity contribution is 7.14. The molecule has 0 aliphatic heterocycles. The van der Waals surface area contributed by atoms with Gasteiger partial charge in [-0.05, 0) is 12.1 Å². The number of benzene rings is 1. The summed E-state index contributed by atoms with van der Waals surface area (Å²) in [4.78, 5) is 15.5. The molecule has 0 aliphatic rings. The van der Waals surface area contributed by atoms with E-state index < -0.39 is 0 Å². The normalized spacial score (nSPS) is 10.1. The predicted molar refractivity (Wildman–Crippen MR) is 73.5 cm³/mol. The SMILES string of the molecule is COc1ccccc1-c1csc(NC(=O)CCl)n1. The molecular formula is C12H11ClN2O2S. The minimum absolute atomic E-state index is 0.0798. The predicted octanol–water partition coefficient (Wildman–Crippen LogP) is 3.00. The molecule has 0 atom stereocenters. The van der Waals surface area contributed by atoms with Crippen LogP contribution in [0.3, 0.4) is 0 Å². The maximum absolute atomic E-state index is 11.1. The summed E-state index contributed by atoms with van der Waals surface area (Å²) in [6.07, 6.45) is 0. The van der Waals surface area contributed by atoms with Crippen molar-refractivity contribution < 1.29 is 9.53 Å². The summed E-state index contributed by atoms with van der Waals surface area (Å²) in [7, 11) is 1.61. The van der Waals surface area contributed by atoms with Crippen molar-refractivity contribution in [3.63, 3.8) is 0 Å². The highest BCUT2D eigenvalue weighted by Crippen LogP contribution is 2.31. The Hall–Kier alpha value is -1.59. The van der Waals surface area contributed by atoms with Crippen LogP contribution >= 0.6 is 22.9 Å². The highest BCUT2D eigenvalue weighted by Gasteiger charge is 2.10. The quantitative estimate of drug-likeness (QED) is 0.877. The van der Waals surface area contributed by atoms with Crippen molar-refractivity contribution in [1.82, 2.24) is 4.98 Å². The molecule has 0 radical (unpaired) electrons. The zero-order valence-corrected chi connectivity index (χ0v) is 11.2. The second-order valence-corrected chi connectivity index (χ2v) is 4.55. The van der Waals surface area contributed by atoms with Gasteiger partial charge in [0, 0.05) is 10.9 Å². The standard InChI is InChI=1S/C12H11ClN2O2S/c1-17-10-5-3-2-4-8(10)9-7-18-12(14-9)15-11(16)6-13/h2-5,7H,6H2,1H3,(H,14,15,16). The van der Waals surface area contributed by atoms with Crippen LogP contribution in [0.2, 0.25) is 0 Å². The van der Waals surface area contributed by atoms with Gasteiger partial charge in [0.05, 0.1) is 12.8 Å². The minimum atomic E-state index is -0.266. The van der Waals surface area contributed by atoms with Crippen molar-refractivity contribution in [2.75, 3.05) is 18.3 Å². The number of thiazole rings is 1. The fourth-order valence-electron chi connectivity index (χ4n) is 1.46. The first kappa shape index (κ1) is 12.9. The smallest absolute Gasteiger partial charge is 0.241 e. The Balaban J connectivity index is 2.26. The molecule has 1 aromatic heterocycles. The number of hydrogen-bond donors (Lipinski definition) is 1. The Bertz CT molecular complexity index is 557. The van der Waals surface area contributed by atoms with Gasteiger partial charge in [-0.25, -0.2) is 4.98 Å².